The molecular formula is C18H19F3N4O. The molecule has 1 aliphatic heterocycles. The molecule has 138 valence electrons. The Hall–Kier alpha value is -2.64. The highest BCUT2D eigenvalue weighted by molar-refractivity contribution is 5.79. The van der Waals surface area contributed by atoms with Crippen LogP contribution in [0.1, 0.15) is 18.4 Å². The van der Waals surface area contributed by atoms with E-state index in [-0.39, 0.29) is 11.9 Å². The molecule has 3 rings (SSSR count). The van der Waals surface area contributed by atoms with E-state index in [2.05, 4.69) is 15.3 Å². The highest BCUT2D eigenvalue weighted by Crippen LogP contribution is 2.24. The minimum absolute atomic E-state index is 0.264. The van der Waals surface area contributed by atoms with E-state index in [1.165, 1.54) is 12.4 Å². The summed E-state index contributed by atoms with van der Waals surface area (Å²) in [4.78, 5) is 21.6. The Morgan fingerprint density at radius 2 is 1.96 bits per heavy atom. The third-order valence-electron chi connectivity index (χ3n) is 4.48. The van der Waals surface area contributed by atoms with Crippen LogP contribution < -0.4 is 10.2 Å². The SMILES string of the molecule is Cc1ccc(-c2cc(N3CCC(NC(=O)C(F)F)CC3)ncn2)cc1F. The number of anilines is 1. The van der Waals surface area contributed by atoms with Gasteiger partial charge in [-0.15, -0.1) is 0 Å². The normalized spacial score (nSPS) is 15.3. The number of rotatable bonds is 4. The molecule has 0 radical (unpaired) electrons. The highest BCUT2D eigenvalue weighted by atomic mass is 19.3. The summed E-state index contributed by atoms with van der Waals surface area (Å²) in [5.74, 6) is -0.831. The number of amides is 1. The minimum atomic E-state index is -2.99. The number of alkyl halides is 2. The van der Waals surface area contributed by atoms with Crippen LogP contribution in [0.3, 0.4) is 0 Å². The van der Waals surface area contributed by atoms with Crippen molar-refractivity contribution in [1.82, 2.24) is 15.3 Å². The summed E-state index contributed by atoms with van der Waals surface area (Å²) in [6.45, 7) is 2.85. The minimum Gasteiger partial charge on any atom is -0.356 e. The van der Waals surface area contributed by atoms with Crippen molar-refractivity contribution >= 4 is 11.7 Å². The molecule has 0 unspecified atom stereocenters. The number of hydrogen-bond acceptors (Lipinski definition) is 4. The summed E-state index contributed by atoms with van der Waals surface area (Å²) in [5, 5.41) is 2.35. The van der Waals surface area contributed by atoms with Crippen molar-refractivity contribution in [1.29, 1.82) is 0 Å². The molecule has 1 saturated heterocycles. The zero-order valence-electron chi connectivity index (χ0n) is 14.3. The number of nitrogens with one attached hydrogen (secondary N) is 1. The average molecular weight is 364 g/mol. The zero-order valence-corrected chi connectivity index (χ0v) is 14.3. The summed E-state index contributed by atoms with van der Waals surface area (Å²) in [6.07, 6.45) is -0.464. The van der Waals surface area contributed by atoms with Gasteiger partial charge >= 0.3 is 6.43 Å². The molecule has 1 aromatic carbocycles. The predicted octanol–water partition coefficient (Wildman–Crippen LogP) is 2.94. The second-order valence-corrected chi connectivity index (χ2v) is 6.30. The fraction of sp³-hybridized carbons (Fsp3) is 0.389. The van der Waals surface area contributed by atoms with Crippen LogP contribution in [0, 0.1) is 12.7 Å². The fourth-order valence-electron chi connectivity index (χ4n) is 2.95. The van der Waals surface area contributed by atoms with Gasteiger partial charge in [0.1, 0.15) is 18.0 Å². The first-order valence-corrected chi connectivity index (χ1v) is 8.36. The van der Waals surface area contributed by atoms with Gasteiger partial charge in [-0.1, -0.05) is 12.1 Å². The number of carbonyl (C=O) groups excluding carboxylic acids is 1. The molecule has 2 heterocycles. The molecule has 0 aliphatic carbocycles. The van der Waals surface area contributed by atoms with Crippen LogP contribution in [0.5, 0.6) is 0 Å². The summed E-state index contributed by atoms with van der Waals surface area (Å²) in [7, 11) is 0. The first kappa shape index (κ1) is 18.2. The first-order valence-electron chi connectivity index (χ1n) is 8.36. The van der Waals surface area contributed by atoms with Gasteiger partial charge in [0.25, 0.3) is 5.91 Å². The second kappa shape index (κ2) is 7.72. The summed E-state index contributed by atoms with van der Waals surface area (Å²) >= 11 is 0. The molecule has 2 aromatic rings. The van der Waals surface area contributed by atoms with Gasteiger partial charge < -0.3 is 10.2 Å². The molecule has 5 nitrogen and oxygen atoms in total. The molecule has 0 bridgehead atoms. The highest BCUT2D eigenvalue weighted by Gasteiger charge is 2.24. The van der Waals surface area contributed by atoms with Gasteiger partial charge in [-0.25, -0.2) is 14.4 Å². The number of piperidine rings is 1. The van der Waals surface area contributed by atoms with Crippen molar-refractivity contribution in [3.05, 3.63) is 42.0 Å². The first-order chi connectivity index (χ1) is 12.4. The number of hydrogen-bond donors (Lipinski definition) is 1. The number of aryl methyl sites for hydroxylation is 1. The van der Waals surface area contributed by atoms with Crippen LogP contribution in [0.25, 0.3) is 11.3 Å². The molecule has 1 N–H and O–H groups in total. The van der Waals surface area contributed by atoms with Crippen molar-refractivity contribution in [3.63, 3.8) is 0 Å². The van der Waals surface area contributed by atoms with Gasteiger partial charge in [-0.2, -0.15) is 8.78 Å². The maximum absolute atomic E-state index is 13.8. The third-order valence-corrected chi connectivity index (χ3v) is 4.48. The Kier molecular flexibility index (Phi) is 5.39. The summed E-state index contributed by atoms with van der Waals surface area (Å²) in [6, 6.07) is 6.45. The molecule has 1 fully saturated rings. The van der Waals surface area contributed by atoms with E-state index in [9.17, 15) is 18.0 Å². The van der Waals surface area contributed by atoms with Gasteiger partial charge in [0.05, 0.1) is 5.69 Å². The van der Waals surface area contributed by atoms with Gasteiger partial charge in [0.15, 0.2) is 0 Å². The Morgan fingerprint density at radius 1 is 1.23 bits per heavy atom. The quantitative estimate of drug-likeness (QED) is 0.906. The summed E-state index contributed by atoms with van der Waals surface area (Å²) in [5.41, 5.74) is 1.84. The third kappa shape index (κ3) is 4.12. The Morgan fingerprint density at radius 3 is 2.62 bits per heavy atom. The number of benzene rings is 1. The lowest BCUT2D eigenvalue weighted by Gasteiger charge is -2.33. The van der Waals surface area contributed by atoms with E-state index in [1.54, 1.807) is 25.1 Å². The lowest BCUT2D eigenvalue weighted by atomic mass is 10.0. The van der Waals surface area contributed by atoms with Gasteiger partial charge in [0, 0.05) is 30.8 Å². The largest absolute Gasteiger partial charge is 0.356 e. The van der Waals surface area contributed by atoms with Crippen LogP contribution in [0.2, 0.25) is 0 Å². The van der Waals surface area contributed by atoms with Gasteiger partial charge in [-0.05, 0) is 31.4 Å². The van der Waals surface area contributed by atoms with Crippen molar-refractivity contribution in [2.24, 2.45) is 0 Å². The van der Waals surface area contributed by atoms with Crippen molar-refractivity contribution in [2.75, 3.05) is 18.0 Å². The molecule has 1 aliphatic rings. The van der Waals surface area contributed by atoms with E-state index in [1.807, 2.05) is 4.90 Å². The van der Waals surface area contributed by atoms with E-state index in [4.69, 9.17) is 0 Å². The van der Waals surface area contributed by atoms with E-state index < -0.39 is 12.3 Å². The van der Waals surface area contributed by atoms with E-state index >= 15 is 0 Å². The van der Waals surface area contributed by atoms with Crippen LogP contribution in [-0.2, 0) is 4.79 Å². The monoisotopic (exact) mass is 364 g/mol. The topological polar surface area (TPSA) is 58.1 Å². The molecule has 1 aromatic heterocycles. The molecule has 8 heteroatoms. The van der Waals surface area contributed by atoms with Crippen molar-refractivity contribution < 1.29 is 18.0 Å². The number of nitrogens with zero attached hydrogens (tertiary/aromatic N) is 3. The fourth-order valence-corrected chi connectivity index (χ4v) is 2.95. The maximum atomic E-state index is 13.8. The predicted molar refractivity (Wildman–Crippen MR) is 91.5 cm³/mol. The molecule has 26 heavy (non-hydrogen) atoms. The van der Waals surface area contributed by atoms with Crippen LogP contribution >= 0.6 is 0 Å². The number of carbonyl (C=O) groups is 1. The molecule has 0 saturated carbocycles. The van der Waals surface area contributed by atoms with Crippen LogP contribution in [0.4, 0.5) is 19.0 Å². The standard InChI is InChI=1S/C18H19F3N4O/c1-11-2-3-12(8-14(11)19)15-9-16(23-10-22-15)25-6-4-13(5-7-25)24-18(26)17(20)21/h2-3,8-10,13,17H,4-7H2,1H3,(H,24,26). The number of aromatic nitrogens is 2. The Balaban J connectivity index is 1.68. The zero-order chi connectivity index (χ0) is 18.7. The number of halogens is 3. The maximum Gasteiger partial charge on any atom is 0.315 e. The van der Waals surface area contributed by atoms with Gasteiger partial charge in [0.2, 0.25) is 0 Å². The van der Waals surface area contributed by atoms with Crippen LogP contribution in [-0.4, -0.2) is 41.4 Å². The van der Waals surface area contributed by atoms with E-state index in [0.29, 0.717) is 48.6 Å². The van der Waals surface area contributed by atoms with E-state index in [0.717, 1.165) is 0 Å². The van der Waals surface area contributed by atoms with Gasteiger partial charge in [-0.3, -0.25) is 4.79 Å². The van der Waals surface area contributed by atoms with Crippen LogP contribution in [0.15, 0.2) is 30.6 Å². The lowest BCUT2D eigenvalue weighted by Crippen LogP contribution is -2.46. The van der Waals surface area contributed by atoms with Crippen molar-refractivity contribution in [2.45, 2.75) is 32.2 Å². The smallest absolute Gasteiger partial charge is 0.315 e. The summed E-state index contributed by atoms with van der Waals surface area (Å²) < 4.78 is 38.4. The Bertz CT molecular complexity index is 792. The lowest BCUT2D eigenvalue weighted by molar-refractivity contribution is -0.132. The molecule has 1 amide bonds. The molecule has 0 spiro atoms. The average Bonchev–Trinajstić information content (AvgIpc) is 2.64. The molecule has 0 atom stereocenters. The van der Waals surface area contributed by atoms with Crippen molar-refractivity contribution in [3.8, 4) is 11.3 Å². The molecular weight excluding hydrogens is 345 g/mol. The Labute approximate surface area is 149 Å². The second-order valence-electron chi connectivity index (χ2n) is 6.30.